The lowest BCUT2D eigenvalue weighted by molar-refractivity contribution is -0.274. The van der Waals surface area contributed by atoms with Gasteiger partial charge in [-0.1, -0.05) is 24.3 Å². The SMILES string of the molecule is O=C(NCc1ccc(OC(F)(F)F)cc1)c1cc(=O)c2ccccc2o1. The summed E-state index contributed by atoms with van der Waals surface area (Å²) in [6, 6.07) is 12.7. The summed E-state index contributed by atoms with van der Waals surface area (Å²) in [4.78, 5) is 24.1. The Labute approximate surface area is 145 Å². The summed E-state index contributed by atoms with van der Waals surface area (Å²) in [5, 5.41) is 2.91. The van der Waals surface area contributed by atoms with Crippen LogP contribution in [0.3, 0.4) is 0 Å². The fourth-order valence-electron chi connectivity index (χ4n) is 2.29. The van der Waals surface area contributed by atoms with Crippen molar-refractivity contribution in [2.45, 2.75) is 12.9 Å². The molecule has 1 N–H and O–H groups in total. The van der Waals surface area contributed by atoms with Crippen LogP contribution in [-0.4, -0.2) is 12.3 Å². The van der Waals surface area contributed by atoms with Crippen molar-refractivity contribution in [1.82, 2.24) is 5.32 Å². The van der Waals surface area contributed by atoms with Crippen LogP contribution in [0.15, 0.2) is 63.8 Å². The van der Waals surface area contributed by atoms with Crippen molar-refractivity contribution in [2.75, 3.05) is 0 Å². The first-order valence-corrected chi connectivity index (χ1v) is 7.47. The van der Waals surface area contributed by atoms with Crippen molar-refractivity contribution in [3.05, 3.63) is 76.1 Å². The third-order valence-electron chi connectivity index (χ3n) is 3.47. The Balaban J connectivity index is 1.68. The van der Waals surface area contributed by atoms with E-state index in [9.17, 15) is 22.8 Å². The van der Waals surface area contributed by atoms with Gasteiger partial charge in [0.15, 0.2) is 11.2 Å². The first kappa shape index (κ1) is 17.5. The first-order chi connectivity index (χ1) is 12.3. The highest BCUT2D eigenvalue weighted by Gasteiger charge is 2.30. The second-order valence-electron chi connectivity index (χ2n) is 5.35. The van der Waals surface area contributed by atoms with Crippen LogP contribution in [0.25, 0.3) is 11.0 Å². The van der Waals surface area contributed by atoms with Gasteiger partial charge in [-0.25, -0.2) is 0 Å². The van der Waals surface area contributed by atoms with E-state index in [-0.39, 0.29) is 23.5 Å². The summed E-state index contributed by atoms with van der Waals surface area (Å²) >= 11 is 0. The highest BCUT2D eigenvalue weighted by molar-refractivity contribution is 5.93. The standard InChI is InChI=1S/C18H12F3NO4/c19-18(20,21)26-12-7-5-11(6-8-12)10-22-17(24)16-9-14(23)13-3-1-2-4-15(13)25-16/h1-9H,10H2,(H,22,24). The molecule has 1 aromatic heterocycles. The topological polar surface area (TPSA) is 68.5 Å². The van der Waals surface area contributed by atoms with Crippen LogP contribution in [0.2, 0.25) is 0 Å². The number of carbonyl (C=O) groups excluding carboxylic acids is 1. The largest absolute Gasteiger partial charge is 0.573 e. The number of fused-ring (bicyclic) bond motifs is 1. The molecular formula is C18H12F3NO4. The Kier molecular flexibility index (Phi) is 4.66. The van der Waals surface area contributed by atoms with E-state index < -0.39 is 12.3 Å². The number of ether oxygens (including phenoxy) is 1. The van der Waals surface area contributed by atoms with Crippen molar-refractivity contribution in [1.29, 1.82) is 0 Å². The zero-order valence-corrected chi connectivity index (χ0v) is 13.2. The minimum absolute atomic E-state index is 0.0433. The molecule has 1 amide bonds. The van der Waals surface area contributed by atoms with Gasteiger partial charge in [-0.3, -0.25) is 9.59 Å². The van der Waals surface area contributed by atoms with Gasteiger partial charge in [0.2, 0.25) is 0 Å². The van der Waals surface area contributed by atoms with Crippen LogP contribution in [0.1, 0.15) is 16.1 Å². The third kappa shape index (κ3) is 4.21. The Morgan fingerprint density at radius 3 is 2.46 bits per heavy atom. The third-order valence-corrected chi connectivity index (χ3v) is 3.47. The Morgan fingerprint density at radius 1 is 1.08 bits per heavy atom. The molecule has 0 aliphatic heterocycles. The molecule has 0 saturated heterocycles. The molecule has 0 bridgehead atoms. The average Bonchev–Trinajstić information content (AvgIpc) is 2.59. The van der Waals surface area contributed by atoms with Gasteiger partial charge in [-0.2, -0.15) is 0 Å². The summed E-state index contributed by atoms with van der Waals surface area (Å²) in [7, 11) is 0. The summed E-state index contributed by atoms with van der Waals surface area (Å²) in [5.41, 5.74) is 0.500. The molecule has 0 spiro atoms. The lowest BCUT2D eigenvalue weighted by atomic mass is 10.2. The second kappa shape index (κ2) is 6.91. The molecule has 0 unspecified atom stereocenters. The van der Waals surface area contributed by atoms with Gasteiger partial charge in [0.05, 0.1) is 5.39 Å². The van der Waals surface area contributed by atoms with Gasteiger partial charge in [-0.05, 0) is 29.8 Å². The van der Waals surface area contributed by atoms with Crippen LogP contribution >= 0.6 is 0 Å². The second-order valence-corrected chi connectivity index (χ2v) is 5.35. The predicted molar refractivity (Wildman–Crippen MR) is 86.8 cm³/mol. The van der Waals surface area contributed by atoms with Crippen LogP contribution in [0.5, 0.6) is 5.75 Å². The maximum Gasteiger partial charge on any atom is 0.573 e. The quantitative estimate of drug-likeness (QED) is 0.769. The highest BCUT2D eigenvalue weighted by atomic mass is 19.4. The van der Waals surface area contributed by atoms with E-state index in [1.165, 1.54) is 12.1 Å². The van der Waals surface area contributed by atoms with E-state index in [0.29, 0.717) is 16.5 Å². The van der Waals surface area contributed by atoms with Crippen molar-refractivity contribution >= 4 is 16.9 Å². The molecule has 5 nitrogen and oxygen atoms in total. The number of carbonyl (C=O) groups is 1. The molecule has 0 aliphatic carbocycles. The fraction of sp³-hybridized carbons (Fsp3) is 0.111. The number of para-hydroxylation sites is 1. The van der Waals surface area contributed by atoms with Gasteiger partial charge in [0.25, 0.3) is 5.91 Å². The van der Waals surface area contributed by atoms with Gasteiger partial charge in [0.1, 0.15) is 11.3 Å². The molecule has 3 rings (SSSR count). The van der Waals surface area contributed by atoms with Crippen LogP contribution < -0.4 is 15.5 Å². The van der Waals surface area contributed by atoms with E-state index in [4.69, 9.17) is 4.42 Å². The van der Waals surface area contributed by atoms with E-state index in [1.54, 1.807) is 24.3 Å². The molecule has 0 fully saturated rings. The van der Waals surface area contributed by atoms with Crippen LogP contribution in [0, 0.1) is 0 Å². The lowest BCUT2D eigenvalue weighted by Crippen LogP contribution is -2.24. The maximum absolute atomic E-state index is 12.2. The lowest BCUT2D eigenvalue weighted by Gasteiger charge is -2.09. The van der Waals surface area contributed by atoms with Gasteiger partial charge >= 0.3 is 6.36 Å². The zero-order valence-electron chi connectivity index (χ0n) is 13.2. The monoisotopic (exact) mass is 363 g/mol. The molecule has 134 valence electrons. The minimum Gasteiger partial charge on any atom is -0.451 e. The van der Waals surface area contributed by atoms with Crippen molar-refractivity contribution in [2.24, 2.45) is 0 Å². The van der Waals surface area contributed by atoms with Gasteiger partial charge in [-0.15, -0.1) is 13.2 Å². The fourth-order valence-corrected chi connectivity index (χ4v) is 2.29. The minimum atomic E-state index is -4.76. The number of hydrogen-bond donors (Lipinski definition) is 1. The number of nitrogens with one attached hydrogen (secondary N) is 1. The summed E-state index contributed by atoms with van der Waals surface area (Å²) in [5.74, 6) is -1.11. The Hall–Kier alpha value is -3.29. The highest BCUT2D eigenvalue weighted by Crippen LogP contribution is 2.22. The van der Waals surface area contributed by atoms with E-state index in [0.717, 1.165) is 18.2 Å². The van der Waals surface area contributed by atoms with Crippen molar-refractivity contribution in [3.63, 3.8) is 0 Å². The number of amides is 1. The zero-order chi connectivity index (χ0) is 18.7. The van der Waals surface area contributed by atoms with Crippen LogP contribution in [0.4, 0.5) is 13.2 Å². The molecule has 0 aliphatic rings. The summed E-state index contributed by atoms with van der Waals surface area (Å²) in [6.07, 6.45) is -4.76. The number of benzene rings is 2. The number of alkyl halides is 3. The number of halogens is 3. The average molecular weight is 363 g/mol. The molecule has 26 heavy (non-hydrogen) atoms. The summed E-state index contributed by atoms with van der Waals surface area (Å²) < 4.78 is 45.5. The van der Waals surface area contributed by atoms with Crippen LogP contribution in [-0.2, 0) is 6.54 Å². The molecule has 0 atom stereocenters. The Morgan fingerprint density at radius 2 is 1.77 bits per heavy atom. The van der Waals surface area contributed by atoms with Crippen molar-refractivity contribution < 1.29 is 27.1 Å². The Bertz CT molecular complexity index is 994. The molecule has 2 aromatic carbocycles. The molecule has 3 aromatic rings. The smallest absolute Gasteiger partial charge is 0.451 e. The number of hydrogen-bond acceptors (Lipinski definition) is 4. The molecular weight excluding hydrogens is 351 g/mol. The van der Waals surface area contributed by atoms with Gasteiger partial charge in [0, 0.05) is 12.6 Å². The maximum atomic E-state index is 12.2. The summed E-state index contributed by atoms with van der Waals surface area (Å²) in [6.45, 7) is 0.0433. The molecule has 1 heterocycles. The van der Waals surface area contributed by atoms with E-state index >= 15 is 0 Å². The molecule has 0 saturated carbocycles. The normalized spacial score (nSPS) is 11.3. The predicted octanol–water partition coefficient (Wildman–Crippen LogP) is 3.62. The van der Waals surface area contributed by atoms with Crippen molar-refractivity contribution in [3.8, 4) is 5.75 Å². The molecule has 0 radical (unpaired) electrons. The number of rotatable bonds is 4. The first-order valence-electron chi connectivity index (χ1n) is 7.47. The van der Waals surface area contributed by atoms with E-state index in [2.05, 4.69) is 10.1 Å². The molecule has 8 heteroatoms. The van der Waals surface area contributed by atoms with E-state index in [1.807, 2.05) is 0 Å². The van der Waals surface area contributed by atoms with Gasteiger partial charge < -0.3 is 14.5 Å².